The summed E-state index contributed by atoms with van der Waals surface area (Å²) >= 11 is 1.14. The number of hydrogen-bond acceptors (Lipinski definition) is 4. The molecule has 2 heterocycles. The highest BCUT2D eigenvalue weighted by Crippen LogP contribution is 2.22. The van der Waals surface area contributed by atoms with Crippen LogP contribution < -0.4 is 11.1 Å². The van der Waals surface area contributed by atoms with Crippen LogP contribution in [0.25, 0.3) is 0 Å². The summed E-state index contributed by atoms with van der Waals surface area (Å²) in [4.78, 5) is 24.2. The Labute approximate surface area is 122 Å². The van der Waals surface area contributed by atoms with Gasteiger partial charge in [-0.05, 0) is 37.3 Å². The first-order valence-electron chi connectivity index (χ1n) is 6.90. The summed E-state index contributed by atoms with van der Waals surface area (Å²) in [5.74, 6) is -0.153. The van der Waals surface area contributed by atoms with Crippen LogP contribution in [0, 0.1) is 5.92 Å². The smallest absolute Gasteiger partial charge is 0.261 e. The number of thiophene rings is 1. The molecule has 5 nitrogen and oxygen atoms in total. The Kier molecular flexibility index (Phi) is 5.14. The van der Waals surface area contributed by atoms with Crippen LogP contribution in [0.5, 0.6) is 0 Å². The van der Waals surface area contributed by atoms with Crippen LogP contribution in [0.15, 0.2) is 12.1 Å². The molecule has 1 aromatic heterocycles. The first-order valence-corrected chi connectivity index (χ1v) is 7.71. The number of carbonyl (C=O) groups excluding carboxylic acids is 2. The van der Waals surface area contributed by atoms with Crippen molar-refractivity contribution in [3.63, 3.8) is 0 Å². The second-order valence-electron chi connectivity index (χ2n) is 4.97. The Morgan fingerprint density at radius 3 is 2.60 bits per heavy atom. The van der Waals surface area contributed by atoms with Crippen molar-refractivity contribution in [3.05, 3.63) is 21.9 Å². The molecule has 0 aliphatic carbocycles. The summed E-state index contributed by atoms with van der Waals surface area (Å²) in [6, 6.07) is 3.40. The van der Waals surface area contributed by atoms with Crippen LogP contribution in [-0.2, 0) is 4.74 Å². The van der Waals surface area contributed by atoms with Gasteiger partial charge in [0.15, 0.2) is 0 Å². The van der Waals surface area contributed by atoms with E-state index in [4.69, 9.17) is 10.5 Å². The number of primary amides is 1. The van der Waals surface area contributed by atoms with Crippen molar-refractivity contribution in [2.24, 2.45) is 11.7 Å². The normalized spacial score (nSPS) is 17.6. The molecule has 2 amide bonds. The lowest BCUT2D eigenvalue weighted by molar-refractivity contribution is 0.0511. The minimum Gasteiger partial charge on any atom is -0.381 e. The van der Waals surface area contributed by atoms with E-state index in [2.05, 4.69) is 12.2 Å². The number of rotatable bonds is 5. The van der Waals surface area contributed by atoms with Crippen molar-refractivity contribution >= 4 is 23.2 Å². The van der Waals surface area contributed by atoms with Crippen molar-refractivity contribution < 1.29 is 14.3 Å². The minimum absolute atomic E-state index is 0.124. The zero-order chi connectivity index (χ0) is 14.5. The molecule has 1 unspecified atom stereocenters. The van der Waals surface area contributed by atoms with Crippen LogP contribution in [-0.4, -0.2) is 31.1 Å². The second kappa shape index (κ2) is 6.85. The van der Waals surface area contributed by atoms with Gasteiger partial charge >= 0.3 is 0 Å². The van der Waals surface area contributed by atoms with Crippen molar-refractivity contribution in [2.75, 3.05) is 13.2 Å². The third-order valence-electron chi connectivity index (χ3n) is 3.66. The maximum atomic E-state index is 12.2. The average molecular weight is 296 g/mol. The summed E-state index contributed by atoms with van der Waals surface area (Å²) in [5, 5.41) is 3.07. The molecule has 0 saturated carbocycles. The van der Waals surface area contributed by atoms with Gasteiger partial charge in [0, 0.05) is 19.3 Å². The zero-order valence-corrected chi connectivity index (χ0v) is 12.4. The highest BCUT2D eigenvalue weighted by atomic mass is 32.1. The summed E-state index contributed by atoms with van der Waals surface area (Å²) in [5.41, 5.74) is 5.20. The standard InChI is InChI=1S/C14H20N2O3S/c1-2-10(9-5-7-19-8-6-9)16-14(18)12-4-3-11(20-12)13(15)17/h3-4,9-10H,2,5-8H2,1H3,(H2,15,17)(H,16,18). The first-order chi connectivity index (χ1) is 9.61. The lowest BCUT2D eigenvalue weighted by atomic mass is 9.90. The SMILES string of the molecule is CCC(NC(=O)c1ccc(C(N)=O)s1)C1CCOCC1. The molecule has 0 spiro atoms. The monoisotopic (exact) mass is 296 g/mol. The largest absolute Gasteiger partial charge is 0.381 e. The highest BCUT2D eigenvalue weighted by molar-refractivity contribution is 7.15. The molecule has 3 N–H and O–H groups in total. The third-order valence-corrected chi connectivity index (χ3v) is 4.76. The predicted molar refractivity (Wildman–Crippen MR) is 77.9 cm³/mol. The number of hydrogen-bond donors (Lipinski definition) is 2. The first kappa shape index (κ1) is 15.0. The van der Waals surface area contributed by atoms with E-state index in [0.717, 1.165) is 43.8 Å². The van der Waals surface area contributed by atoms with Gasteiger partial charge in [0.2, 0.25) is 0 Å². The molecule has 0 aromatic carbocycles. The molecular weight excluding hydrogens is 276 g/mol. The molecule has 1 aliphatic rings. The molecule has 1 saturated heterocycles. The fourth-order valence-corrected chi connectivity index (χ4v) is 3.26. The van der Waals surface area contributed by atoms with Gasteiger partial charge in [-0.2, -0.15) is 0 Å². The Morgan fingerprint density at radius 1 is 1.40 bits per heavy atom. The Morgan fingerprint density at radius 2 is 2.05 bits per heavy atom. The predicted octanol–water partition coefficient (Wildman–Crippen LogP) is 1.78. The van der Waals surface area contributed by atoms with Crippen molar-refractivity contribution in [2.45, 2.75) is 32.2 Å². The molecular formula is C14H20N2O3S. The van der Waals surface area contributed by atoms with Crippen LogP contribution in [0.3, 0.4) is 0 Å². The van der Waals surface area contributed by atoms with Gasteiger partial charge in [-0.1, -0.05) is 6.92 Å². The van der Waals surface area contributed by atoms with E-state index in [1.54, 1.807) is 12.1 Å². The van der Waals surface area contributed by atoms with E-state index in [-0.39, 0.29) is 11.9 Å². The Balaban J connectivity index is 1.98. The van der Waals surface area contributed by atoms with Crippen molar-refractivity contribution in [1.82, 2.24) is 5.32 Å². The molecule has 110 valence electrons. The fraction of sp³-hybridized carbons (Fsp3) is 0.571. The van der Waals surface area contributed by atoms with E-state index in [0.29, 0.717) is 15.7 Å². The lowest BCUT2D eigenvalue weighted by Gasteiger charge is -2.30. The van der Waals surface area contributed by atoms with E-state index in [9.17, 15) is 9.59 Å². The van der Waals surface area contributed by atoms with E-state index in [1.807, 2.05) is 0 Å². The van der Waals surface area contributed by atoms with Gasteiger partial charge in [0.05, 0.1) is 9.75 Å². The summed E-state index contributed by atoms with van der Waals surface area (Å²) in [6.07, 6.45) is 2.86. The molecule has 1 aromatic rings. The van der Waals surface area contributed by atoms with E-state index in [1.165, 1.54) is 0 Å². The Bertz CT molecular complexity index is 481. The molecule has 0 bridgehead atoms. The minimum atomic E-state index is -0.495. The van der Waals surface area contributed by atoms with Crippen molar-refractivity contribution in [3.8, 4) is 0 Å². The van der Waals surface area contributed by atoms with Gasteiger partial charge in [-0.3, -0.25) is 9.59 Å². The quantitative estimate of drug-likeness (QED) is 0.869. The summed E-state index contributed by atoms with van der Waals surface area (Å²) < 4.78 is 5.35. The van der Waals surface area contributed by atoms with Gasteiger partial charge in [0.25, 0.3) is 11.8 Å². The third kappa shape index (κ3) is 3.58. The molecule has 1 aliphatic heterocycles. The van der Waals surface area contributed by atoms with Crippen LogP contribution in [0.1, 0.15) is 45.5 Å². The van der Waals surface area contributed by atoms with E-state index >= 15 is 0 Å². The molecule has 20 heavy (non-hydrogen) atoms. The molecule has 6 heteroatoms. The second-order valence-corrected chi connectivity index (χ2v) is 6.05. The van der Waals surface area contributed by atoms with Crippen LogP contribution >= 0.6 is 11.3 Å². The van der Waals surface area contributed by atoms with Gasteiger partial charge < -0.3 is 15.8 Å². The van der Waals surface area contributed by atoms with Crippen molar-refractivity contribution in [1.29, 1.82) is 0 Å². The molecule has 1 atom stereocenters. The molecule has 2 rings (SSSR count). The highest BCUT2D eigenvalue weighted by Gasteiger charge is 2.25. The zero-order valence-electron chi connectivity index (χ0n) is 11.6. The lowest BCUT2D eigenvalue weighted by Crippen LogP contribution is -2.41. The number of carbonyl (C=O) groups is 2. The Hall–Kier alpha value is -1.40. The number of amides is 2. The maximum absolute atomic E-state index is 12.2. The number of ether oxygens (including phenoxy) is 1. The summed E-state index contributed by atoms with van der Waals surface area (Å²) in [7, 11) is 0. The number of nitrogens with one attached hydrogen (secondary N) is 1. The van der Waals surface area contributed by atoms with Gasteiger partial charge in [0.1, 0.15) is 0 Å². The van der Waals surface area contributed by atoms with E-state index < -0.39 is 5.91 Å². The van der Waals surface area contributed by atoms with Crippen LogP contribution in [0.2, 0.25) is 0 Å². The fourth-order valence-electron chi connectivity index (χ4n) is 2.50. The average Bonchev–Trinajstić information content (AvgIpc) is 2.95. The van der Waals surface area contributed by atoms with Crippen LogP contribution in [0.4, 0.5) is 0 Å². The molecule has 1 fully saturated rings. The maximum Gasteiger partial charge on any atom is 0.261 e. The summed E-state index contributed by atoms with van der Waals surface area (Å²) in [6.45, 7) is 3.60. The van der Waals surface area contributed by atoms with Gasteiger partial charge in [-0.15, -0.1) is 11.3 Å². The topological polar surface area (TPSA) is 81.4 Å². The number of nitrogens with two attached hydrogens (primary N) is 1. The molecule has 0 radical (unpaired) electrons. The van der Waals surface area contributed by atoms with Gasteiger partial charge in [-0.25, -0.2) is 0 Å².